The van der Waals surface area contributed by atoms with Crippen LogP contribution in [0.5, 0.6) is 0 Å². The van der Waals surface area contributed by atoms with E-state index in [-0.39, 0.29) is 0 Å². The van der Waals surface area contributed by atoms with Gasteiger partial charge in [0.05, 0.1) is 0 Å². The molecular formula is C9H18N2. The van der Waals surface area contributed by atoms with Gasteiger partial charge in [0.15, 0.2) is 0 Å². The molecule has 1 aliphatic rings. The Balaban J connectivity index is 2.19. The minimum absolute atomic E-state index is 0.523. The highest BCUT2D eigenvalue weighted by atomic mass is 15.2. The maximum absolute atomic E-state index is 5.44. The Bertz CT molecular complexity index is 153. The van der Waals surface area contributed by atoms with Crippen molar-refractivity contribution in [2.75, 3.05) is 26.2 Å². The summed E-state index contributed by atoms with van der Waals surface area (Å²) < 4.78 is 0. The second-order valence-electron chi connectivity index (χ2n) is 4.26. The van der Waals surface area contributed by atoms with E-state index in [1.54, 1.807) is 0 Å². The predicted molar refractivity (Wildman–Crippen MR) is 48.4 cm³/mol. The molecule has 0 aromatic carbocycles. The Kier molecular flexibility index (Phi) is 2.35. The van der Waals surface area contributed by atoms with E-state index in [0.717, 1.165) is 12.1 Å². The van der Waals surface area contributed by atoms with Crippen molar-refractivity contribution in [2.45, 2.75) is 13.8 Å². The van der Waals surface area contributed by atoms with E-state index in [2.05, 4.69) is 25.3 Å². The van der Waals surface area contributed by atoms with Crippen molar-refractivity contribution in [2.24, 2.45) is 11.1 Å². The number of hydrogen-bond donors (Lipinski definition) is 1. The SMILES string of the molecule is C=C(CN)CN1CC(C)(C)C1. The van der Waals surface area contributed by atoms with Crippen LogP contribution < -0.4 is 5.73 Å². The van der Waals surface area contributed by atoms with Crippen LogP contribution in [0, 0.1) is 5.41 Å². The van der Waals surface area contributed by atoms with Crippen molar-refractivity contribution in [3.05, 3.63) is 12.2 Å². The van der Waals surface area contributed by atoms with Crippen molar-refractivity contribution >= 4 is 0 Å². The lowest BCUT2D eigenvalue weighted by Gasteiger charge is -2.46. The first kappa shape index (κ1) is 8.75. The maximum atomic E-state index is 5.44. The van der Waals surface area contributed by atoms with Crippen molar-refractivity contribution in [3.8, 4) is 0 Å². The fourth-order valence-electron chi connectivity index (χ4n) is 1.66. The summed E-state index contributed by atoms with van der Waals surface area (Å²) in [6.45, 7) is 12.4. The highest BCUT2D eigenvalue weighted by Gasteiger charge is 2.33. The Labute approximate surface area is 69.1 Å². The third kappa shape index (κ3) is 2.31. The second-order valence-corrected chi connectivity index (χ2v) is 4.26. The standard InChI is InChI=1S/C9H18N2/c1-8(4-10)5-11-6-9(2,3)7-11/h1,4-7,10H2,2-3H3. The van der Waals surface area contributed by atoms with Crippen LogP contribution in [-0.2, 0) is 0 Å². The van der Waals surface area contributed by atoms with Gasteiger partial charge < -0.3 is 5.73 Å². The summed E-state index contributed by atoms with van der Waals surface area (Å²) in [6.07, 6.45) is 0. The Morgan fingerprint density at radius 2 is 2.09 bits per heavy atom. The molecule has 0 bridgehead atoms. The molecule has 1 saturated heterocycles. The number of nitrogens with zero attached hydrogens (tertiary/aromatic N) is 1. The van der Waals surface area contributed by atoms with Gasteiger partial charge in [0.1, 0.15) is 0 Å². The molecule has 2 nitrogen and oxygen atoms in total. The quantitative estimate of drug-likeness (QED) is 0.610. The maximum Gasteiger partial charge on any atom is 0.0203 e. The first-order chi connectivity index (χ1) is 5.03. The molecule has 0 aliphatic carbocycles. The second kappa shape index (κ2) is 2.95. The van der Waals surface area contributed by atoms with Crippen molar-refractivity contribution in [1.82, 2.24) is 4.90 Å². The summed E-state index contributed by atoms with van der Waals surface area (Å²) in [6, 6.07) is 0. The van der Waals surface area contributed by atoms with Crippen LogP contribution in [0.4, 0.5) is 0 Å². The van der Waals surface area contributed by atoms with Gasteiger partial charge in [-0.2, -0.15) is 0 Å². The van der Waals surface area contributed by atoms with E-state index in [1.807, 2.05) is 0 Å². The monoisotopic (exact) mass is 154 g/mol. The molecule has 2 heteroatoms. The van der Waals surface area contributed by atoms with Crippen molar-refractivity contribution in [1.29, 1.82) is 0 Å². The largest absolute Gasteiger partial charge is 0.327 e. The molecule has 1 rings (SSSR count). The molecular weight excluding hydrogens is 136 g/mol. The first-order valence-electron chi connectivity index (χ1n) is 4.12. The molecule has 11 heavy (non-hydrogen) atoms. The minimum Gasteiger partial charge on any atom is -0.327 e. The third-order valence-corrected chi connectivity index (χ3v) is 2.04. The lowest BCUT2D eigenvalue weighted by atomic mass is 9.84. The Morgan fingerprint density at radius 1 is 1.55 bits per heavy atom. The van der Waals surface area contributed by atoms with Gasteiger partial charge in [0.2, 0.25) is 0 Å². The molecule has 0 unspecified atom stereocenters. The predicted octanol–water partition coefficient (Wildman–Crippen LogP) is 0.843. The van der Waals surface area contributed by atoms with Gasteiger partial charge in [-0.05, 0) is 11.0 Å². The van der Waals surface area contributed by atoms with E-state index in [4.69, 9.17) is 5.73 Å². The molecule has 0 amide bonds. The molecule has 0 spiro atoms. The summed E-state index contributed by atoms with van der Waals surface area (Å²) in [5, 5.41) is 0. The van der Waals surface area contributed by atoms with Gasteiger partial charge in [0, 0.05) is 26.2 Å². The highest BCUT2D eigenvalue weighted by Crippen LogP contribution is 2.28. The van der Waals surface area contributed by atoms with Gasteiger partial charge in [-0.25, -0.2) is 0 Å². The Morgan fingerprint density at radius 3 is 2.45 bits per heavy atom. The lowest BCUT2D eigenvalue weighted by molar-refractivity contribution is 0.0399. The van der Waals surface area contributed by atoms with Crippen LogP contribution in [-0.4, -0.2) is 31.1 Å². The number of nitrogens with two attached hydrogens (primary N) is 1. The van der Waals surface area contributed by atoms with E-state index in [0.29, 0.717) is 12.0 Å². The van der Waals surface area contributed by atoms with Gasteiger partial charge in [-0.15, -0.1) is 0 Å². The zero-order chi connectivity index (χ0) is 8.48. The highest BCUT2D eigenvalue weighted by molar-refractivity contribution is 5.02. The minimum atomic E-state index is 0.523. The molecule has 1 aliphatic heterocycles. The van der Waals surface area contributed by atoms with Crippen LogP contribution in [0.3, 0.4) is 0 Å². The van der Waals surface area contributed by atoms with Gasteiger partial charge in [-0.3, -0.25) is 4.90 Å². The summed E-state index contributed by atoms with van der Waals surface area (Å²) in [4.78, 5) is 2.38. The van der Waals surface area contributed by atoms with Crippen LogP contribution in [0.25, 0.3) is 0 Å². The van der Waals surface area contributed by atoms with Gasteiger partial charge in [0.25, 0.3) is 0 Å². The molecule has 0 atom stereocenters. The van der Waals surface area contributed by atoms with E-state index in [1.165, 1.54) is 13.1 Å². The average molecular weight is 154 g/mol. The zero-order valence-electron chi connectivity index (χ0n) is 7.56. The Hall–Kier alpha value is -0.340. The summed E-state index contributed by atoms with van der Waals surface area (Å²) in [5.41, 5.74) is 7.10. The normalized spacial score (nSPS) is 22.8. The molecule has 0 aromatic heterocycles. The molecule has 1 fully saturated rings. The first-order valence-corrected chi connectivity index (χ1v) is 4.12. The smallest absolute Gasteiger partial charge is 0.0203 e. The van der Waals surface area contributed by atoms with E-state index >= 15 is 0 Å². The van der Waals surface area contributed by atoms with Crippen LogP contribution in [0.15, 0.2) is 12.2 Å². The molecule has 0 radical (unpaired) electrons. The van der Waals surface area contributed by atoms with Gasteiger partial charge in [-0.1, -0.05) is 20.4 Å². The van der Waals surface area contributed by atoms with Crippen molar-refractivity contribution in [3.63, 3.8) is 0 Å². The lowest BCUT2D eigenvalue weighted by Crippen LogP contribution is -2.53. The fourth-order valence-corrected chi connectivity index (χ4v) is 1.66. The van der Waals surface area contributed by atoms with Crippen LogP contribution >= 0.6 is 0 Å². The average Bonchev–Trinajstić information content (AvgIpc) is 1.83. The number of hydrogen-bond acceptors (Lipinski definition) is 2. The summed E-state index contributed by atoms with van der Waals surface area (Å²) in [7, 11) is 0. The fraction of sp³-hybridized carbons (Fsp3) is 0.778. The van der Waals surface area contributed by atoms with E-state index < -0.39 is 0 Å². The third-order valence-electron chi connectivity index (χ3n) is 2.04. The van der Waals surface area contributed by atoms with Gasteiger partial charge >= 0.3 is 0 Å². The molecule has 0 saturated carbocycles. The number of likely N-dealkylation sites (tertiary alicyclic amines) is 1. The topological polar surface area (TPSA) is 29.3 Å². The van der Waals surface area contributed by atoms with E-state index in [9.17, 15) is 0 Å². The number of rotatable bonds is 3. The summed E-state index contributed by atoms with van der Waals surface area (Å²) in [5.74, 6) is 0. The summed E-state index contributed by atoms with van der Waals surface area (Å²) >= 11 is 0. The van der Waals surface area contributed by atoms with Crippen LogP contribution in [0.2, 0.25) is 0 Å². The molecule has 64 valence electrons. The molecule has 2 N–H and O–H groups in total. The van der Waals surface area contributed by atoms with Crippen LogP contribution in [0.1, 0.15) is 13.8 Å². The zero-order valence-corrected chi connectivity index (χ0v) is 7.56. The molecule has 0 aromatic rings. The molecule has 1 heterocycles. The van der Waals surface area contributed by atoms with Crippen molar-refractivity contribution < 1.29 is 0 Å².